The number of aliphatic hydroxyl groups is 3. The smallest absolute Gasteiger partial charge is 0.336 e. The van der Waals surface area contributed by atoms with Gasteiger partial charge in [-0.15, -0.1) is 0 Å². The number of hydrogen-bond donors (Lipinski definition) is 7. The molecule has 1 amide bonds. The number of hydrogen-bond acceptors (Lipinski definition) is 12. The first kappa shape index (κ1) is 31.5. The van der Waals surface area contributed by atoms with Gasteiger partial charge in [0.15, 0.2) is 22.9 Å². The molecule has 2 aromatic heterocycles. The Morgan fingerprint density at radius 3 is 2.37 bits per heavy atom. The second kappa shape index (κ2) is 12.7. The highest BCUT2D eigenvalue weighted by Crippen LogP contribution is 2.44. The van der Waals surface area contributed by atoms with Crippen LogP contribution in [0.3, 0.4) is 0 Å². The molecule has 0 bridgehead atoms. The number of nitrogens with zero attached hydrogens (tertiary/aromatic N) is 3. The summed E-state index contributed by atoms with van der Waals surface area (Å²) in [6, 6.07) is 15.7. The first-order chi connectivity index (χ1) is 22.2. The summed E-state index contributed by atoms with van der Waals surface area (Å²) >= 11 is 0. The number of anilines is 1. The molecule has 3 heterocycles. The van der Waals surface area contributed by atoms with Crippen LogP contribution in [-0.2, 0) is 19.1 Å². The van der Waals surface area contributed by atoms with E-state index in [0.717, 1.165) is 22.3 Å². The van der Waals surface area contributed by atoms with Crippen molar-refractivity contribution in [3.63, 3.8) is 0 Å². The Labute approximate surface area is 262 Å². The zero-order valence-corrected chi connectivity index (χ0v) is 24.7. The Morgan fingerprint density at radius 2 is 1.74 bits per heavy atom. The monoisotopic (exact) mass is 633 g/mol. The molecule has 6 rings (SSSR count). The Hall–Kier alpha value is -4.51. The maximum absolute atomic E-state index is 13.7. The lowest BCUT2D eigenvalue weighted by atomic mass is 9.92. The van der Waals surface area contributed by atoms with Gasteiger partial charge < -0.3 is 36.3 Å². The second-order valence-electron chi connectivity index (χ2n) is 11.5. The minimum atomic E-state index is -2.16. The third-order valence-electron chi connectivity index (χ3n) is 8.59. The fraction of sp³-hybridized carbons (Fsp3) is 0.387. The second-order valence-corrected chi connectivity index (χ2v) is 11.5. The lowest BCUT2D eigenvalue weighted by molar-refractivity contribution is -0.154. The van der Waals surface area contributed by atoms with Crippen molar-refractivity contribution in [2.24, 2.45) is 11.5 Å². The molecule has 0 unspecified atom stereocenters. The predicted octanol–water partition coefficient (Wildman–Crippen LogP) is -0.148. The van der Waals surface area contributed by atoms with E-state index in [1.807, 2.05) is 48.5 Å². The number of unbranched alkanes of at least 4 members (excludes halogenated alkanes) is 1. The molecule has 0 spiro atoms. The highest BCUT2D eigenvalue weighted by Gasteiger charge is 2.46. The van der Waals surface area contributed by atoms with Crippen molar-refractivity contribution in [2.45, 2.75) is 55.3 Å². The number of esters is 1. The van der Waals surface area contributed by atoms with Crippen molar-refractivity contribution in [1.82, 2.24) is 19.5 Å². The third kappa shape index (κ3) is 5.46. The summed E-state index contributed by atoms with van der Waals surface area (Å²) < 4.78 is 12.5. The van der Waals surface area contributed by atoms with Crippen molar-refractivity contribution in [1.29, 1.82) is 0 Å². The lowest BCUT2D eigenvalue weighted by Crippen LogP contribution is -2.58. The summed E-state index contributed by atoms with van der Waals surface area (Å²) in [4.78, 5) is 50.9. The van der Waals surface area contributed by atoms with E-state index >= 15 is 0 Å². The number of aromatic amines is 1. The molecule has 0 radical (unpaired) electrons. The zero-order valence-electron chi connectivity index (χ0n) is 24.7. The minimum absolute atomic E-state index is 0.0550. The highest BCUT2D eigenvalue weighted by molar-refractivity contribution is 6.12. The molecule has 4 aromatic rings. The number of rotatable bonds is 11. The number of imidazole rings is 1. The first-order valence-electron chi connectivity index (χ1n) is 14.9. The molecule has 15 heteroatoms. The summed E-state index contributed by atoms with van der Waals surface area (Å²) in [5, 5.41) is 32.6. The molecule has 242 valence electrons. The van der Waals surface area contributed by atoms with Gasteiger partial charge in [0.2, 0.25) is 5.95 Å². The molecule has 1 fully saturated rings. The van der Waals surface area contributed by atoms with Gasteiger partial charge in [-0.1, -0.05) is 48.5 Å². The molecule has 15 nitrogen and oxygen atoms in total. The number of nitrogens with two attached hydrogens (primary N) is 2. The summed E-state index contributed by atoms with van der Waals surface area (Å²) in [5.74, 6) is -2.53. The summed E-state index contributed by atoms with van der Waals surface area (Å²) in [6.07, 6.45) is -3.28. The van der Waals surface area contributed by atoms with E-state index in [1.54, 1.807) is 0 Å². The SMILES string of the molecule is NCCCC[C@](N)(C(=O)Nc1nc2c(ncn2[C@@H]2O[C@H](CO)[C@@H](O)[C@H]2O)c(=O)[nH]1)C(=O)OCC1c2ccccc2-c2ccccc21. The van der Waals surface area contributed by atoms with Gasteiger partial charge in [0.1, 0.15) is 24.9 Å². The molecular weight excluding hydrogens is 598 g/mol. The Morgan fingerprint density at radius 1 is 1.07 bits per heavy atom. The quantitative estimate of drug-likeness (QED) is 0.0648. The van der Waals surface area contributed by atoms with Crippen molar-refractivity contribution < 1.29 is 34.4 Å². The maximum atomic E-state index is 13.7. The van der Waals surface area contributed by atoms with Crippen molar-refractivity contribution in [3.05, 3.63) is 76.3 Å². The van der Waals surface area contributed by atoms with Crippen LogP contribution in [0.4, 0.5) is 5.95 Å². The van der Waals surface area contributed by atoms with E-state index in [1.165, 1.54) is 10.9 Å². The van der Waals surface area contributed by atoms with E-state index in [0.29, 0.717) is 19.4 Å². The largest absolute Gasteiger partial charge is 0.463 e. The van der Waals surface area contributed by atoms with Crippen LogP contribution in [0.5, 0.6) is 0 Å². The topological polar surface area (TPSA) is 241 Å². The lowest BCUT2D eigenvalue weighted by Gasteiger charge is -2.27. The van der Waals surface area contributed by atoms with Crippen LogP contribution >= 0.6 is 0 Å². The van der Waals surface area contributed by atoms with Gasteiger partial charge >= 0.3 is 5.97 Å². The molecule has 2 aliphatic rings. The van der Waals surface area contributed by atoms with E-state index in [2.05, 4.69) is 20.3 Å². The van der Waals surface area contributed by atoms with Gasteiger partial charge in [-0.3, -0.25) is 24.5 Å². The van der Waals surface area contributed by atoms with Crippen molar-refractivity contribution >= 4 is 29.0 Å². The summed E-state index contributed by atoms with van der Waals surface area (Å²) in [7, 11) is 0. The number of carbonyl (C=O) groups excluding carboxylic acids is 2. The Kier molecular flexibility index (Phi) is 8.69. The van der Waals surface area contributed by atoms with Gasteiger partial charge in [-0.2, -0.15) is 4.98 Å². The molecule has 46 heavy (non-hydrogen) atoms. The first-order valence-corrected chi connectivity index (χ1v) is 14.9. The molecule has 1 aliphatic heterocycles. The van der Waals surface area contributed by atoms with Crippen LogP contribution in [0, 0.1) is 0 Å². The molecule has 2 aromatic carbocycles. The van der Waals surface area contributed by atoms with Gasteiger partial charge in [-0.05, 0) is 48.1 Å². The highest BCUT2D eigenvalue weighted by atomic mass is 16.6. The molecule has 5 atom stereocenters. The zero-order chi connectivity index (χ0) is 32.6. The van der Waals surface area contributed by atoms with Gasteiger partial charge in [0, 0.05) is 5.92 Å². The number of aromatic nitrogens is 4. The summed E-state index contributed by atoms with van der Waals surface area (Å²) in [5.41, 5.74) is 13.1. The fourth-order valence-corrected chi connectivity index (χ4v) is 6.08. The number of fused-ring (bicyclic) bond motifs is 4. The fourth-order valence-electron chi connectivity index (χ4n) is 6.08. The predicted molar refractivity (Wildman–Crippen MR) is 164 cm³/mol. The molecule has 9 N–H and O–H groups in total. The van der Waals surface area contributed by atoms with Crippen LogP contribution in [-0.4, -0.2) is 90.3 Å². The van der Waals surface area contributed by atoms with E-state index < -0.39 is 54.1 Å². The average molecular weight is 634 g/mol. The third-order valence-corrected chi connectivity index (χ3v) is 8.59. The van der Waals surface area contributed by atoms with Gasteiger partial charge in [0.25, 0.3) is 11.5 Å². The maximum Gasteiger partial charge on any atom is 0.336 e. The number of amides is 1. The van der Waals surface area contributed by atoms with Crippen LogP contribution < -0.4 is 22.3 Å². The van der Waals surface area contributed by atoms with E-state index in [4.69, 9.17) is 20.9 Å². The van der Waals surface area contributed by atoms with E-state index in [9.17, 15) is 29.7 Å². The molecule has 1 aliphatic carbocycles. The van der Waals surface area contributed by atoms with E-state index in [-0.39, 0.29) is 36.1 Å². The normalized spacial score (nSPS) is 21.9. The standard InChI is InChI=1S/C31H35N7O8/c32-12-6-5-11-31(33,29(44)45-14-20-18-9-3-1-7-16(18)17-8-2-4-10-19(17)20)28(43)37-30-35-25-22(26(42)36-30)34-15-38(25)27-24(41)23(40)21(13-39)46-27/h1-4,7-10,15,20-21,23-24,27,39-41H,5-6,11-14,32-33H2,(H2,35,36,37,42,43)/t21-,23-,24-,27-,31+/m1/s1. The summed E-state index contributed by atoms with van der Waals surface area (Å²) in [6.45, 7) is -0.297. The number of aliphatic hydroxyl groups excluding tert-OH is 3. The van der Waals surface area contributed by atoms with Crippen LogP contribution in [0.15, 0.2) is 59.7 Å². The number of ether oxygens (including phenoxy) is 2. The van der Waals surface area contributed by atoms with Gasteiger partial charge in [-0.25, -0.2) is 9.78 Å². The van der Waals surface area contributed by atoms with Crippen LogP contribution in [0.1, 0.15) is 42.5 Å². The molecule has 0 saturated carbocycles. The van der Waals surface area contributed by atoms with Crippen LogP contribution in [0.2, 0.25) is 0 Å². The number of carbonyl (C=O) groups is 2. The Balaban J connectivity index is 1.24. The number of H-pyrrole nitrogens is 1. The van der Waals surface area contributed by atoms with Gasteiger partial charge in [0.05, 0.1) is 12.9 Å². The number of nitrogens with one attached hydrogen (secondary N) is 2. The van der Waals surface area contributed by atoms with Crippen molar-refractivity contribution in [2.75, 3.05) is 25.1 Å². The molecule has 1 saturated heterocycles. The Bertz CT molecular complexity index is 1780. The number of benzene rings is 2. The van der Waals surface area contributed by atoms with Crippen LogP contribution in [0.25, 0.3) is 22.3 Å². The average Bonchev–Trinajstić information content (AvgIpc) is 3.71. The van der Waals surface area contributed by atoms with Crippen molar-refractivity contribution in [3.8, 4) is 11.1 Å². The minimum Gasteiger partial charge on any atom is -0.463 e. The molecular formula is C31H35N7O8.